The van der Waals surface area contributed by atoms with E-state index in [4.69, 9.17) is 0 Å². The maximum atomic E-state index is 2.50. The fourth-order valence-corrected chi connectivity index (χ4v) is 6.89. The van der Waals surface area contributed by atoms with E-state index in [1.165, 1.54) is 60.6 Å². The summed E-state index contributed by atoms with van der Waals surface area (Å²) in [5.41, 5.74) is 10.3. The first-order valence-electron chi connectivity index (χ1n) is 13.4. The molecule has 38 heavy (non-hydrogen) atoms. The smallest absolute Gasteiger partial charge is 0.0585 e. The molecule has 0 spiro atoms. The molecule has 0 aliphatic heterocycles. The molecule has 1 aromatic heterocycles. The third kappa shape index (κ3) is 2.87. The summed E-state index contributed by atoms with van der Waals surface area (Å²) in [6, 6.07) is 37.5. The maximum Gasteiger partial charge on any atom is 0.0585 e. The average Bonchev–Trinajstić information content (AvgIpc) is 3.32. The highest BCUT2D eigenvalue weighted by Gasteiger charge is 2.43. The van der Waals surface area contributed by atoms with Crippen molar-refractivity contribution in [2.24, 2.45) is 11.3 Å². The lowest BCUT2D eigenvalue weighted by Gasteiger charge is -2.42. The van der Waals surface area contributed by atoms with E-state index >= 15 is 0 Å². The van der Waals surface area contributed by atoms with E-state index in [1.807, 2.05) is 0 Å². The van der Waals surface area contributed by atoms with Gasteiger partial charge in [-0.2, -0.15) is 0 Å². The van der Waals surface area contributed by atoms with Crippen LogP contribution in [0.25, 0.3) is 44.9 Å². The van der Waals surface area contributed by atoms with Gasteiger partial charge in [0.1, 0.15) is 0 Å². The van der Waals surface area contributed by atoms with Crippen LogP contribution in [0.2, 0.25) is 0 Å². The summed E-state index contributed by atoms with van der Waals surface area (Å²) in [6.45, 7) is 2.41. The molecule has 4 aromatic carbocycles. The molecule has 2 unspecified atom stereocenters. The van der Waals surface area contributed by atoms with Crippen molar-refractivity contribution < 1.29 is 0 Å². The highest BCUT2D eigenvalue weighted by atomic mass is 15.0. The van der Waals surface area contributed by atoms with E-state index in [-0.39, 0.29) is 11.3 Å². The number of aromatic nitrogens is 1. The van der Waals surface area contributed by atoms with Crippen LogP contribution in [0.1, 0.15) is 18.1 Å². The fraction of sp³-hybridized carbons (Fsp3) is 0.0811. The zero-order valence-electron chi connectivity index (χ0n) is 21.3. The van der Waals surface area contributed by atoms with Crippen LogP contribution in [0.4, 0.5) is 0 Å². The number of fused-ring (bicyclic) bond motifs is 8. The Morgan fingerprint density at radius 1 is 0.684 bits per heavy atom. The standard InChI is InChI=1S/C37H27N/c1-37-24-10-9-16-32(37)36-35(34-29-14-6-5-13-27(29)20-23-31(34)37)30-15-7-8-17-33(30)38(36)28-21-18-26(19-22-28)25-11-3-2-4-12-25/h2-24,31H,1H3. The molecular weight excluding hydrogens is 458 g/mol. The molecular formula is C37H27N. The van der Waals surface area contributed by atoms with E-state index in [0.717, 1.165) is 0 Å². The molecule has 1 heterocycles. The highest BCUT2D eigenvalue weighted by Crippen LogP contribution is 2.50. The van der Waals surface area contributed by atoms with Gasteiger partial charge in [-0.05, 0) is 51.6 Å². The minimum Gasteiger partial charge on any atom is -0.309 e. The number of hydrogen-bond donors (Lipinski definition) is 0. The Morgan fingerprint density at radius 2 is 1.42 bits per heavy atom. The SMILES string of the molecule is CC12C=CC=CC1=c1c(c3ccccc3n1-c1ccc(-c3ccccc3)cc1)=C1c3ccccc3C=CC12. The summed E-state index contributed by atoms with van der Waals surface area (Å²) < 4.78 is 2.50. The van der Waals surface area contributed by atoms with Crippen molar-refractivity contribution in [2.75, 3.05) is 0 Å². The third-order valence-corrected chi connectivity index (χ3v) is 8.70. The summed E-state index contributed by atoms with van der Waals surface area (Å²) in [6.07, 6.45) is 13.9. The predicted molar refractivity (Wildman–Crippen MR) is 159 cm³/mol. The molecule has 1 heteroatoms. The molecule has 0 saturated carbocycles. The van der Waals surface area contributed by atoms with Crippen LogP contribution >= 0.6 is 0 Å². The molecule has 0 saturated heterocycles. The second-order valence-electron chi connectivity index (χ2n) is 10.7. The zero-order valence-corrected chi connectivity index (χ0v) is 21.3. The van der Waals surface area contributed by atoms with E-state index in [2.05, 4.69) is 151 Å². The Balaban J connectivity index is 1.53. The molecule has 3 aliphatic rings. The summed E-state index contributed by atoms with van der Waals surface area (Å²) in [7, 11) is 0. The van der Waals surface area contributed by atoms with E-state index in [9.17, 15) is 0 Å². The van der Waals surface area contributed by atoms with Gasteiger partial charge in [-0.15, -0.1) is 0 Å². The number of para-hydroxylation sites is 1. The fourth-order valence-electron chi connectivity index (χ4n) is 6.89. The molecule has 0 bridgehead atoms. The normalized spacial score (nSPS) is 20.7. The van der Waals surface area contributed by atoms with Crippen molar-refractivity contribution in [2.45, 2.75) is 6.92 Å². The maximum absolute atomic E-state index is 2.50. The molecule has 0 amide bonds. The Bertz CT molecular complexity index is 1960. The molecule has 0 radical (unpaired) electrons. The molecule has 1 nitrogen and oxygen atoms in total. The molecule has 2 atom stereocenters. The van der Waals surface area contributed by atoms with Crippen LogP contribution in [-0.2, 0) is 0 Å². The van der Waals surface area contributed by atoms with E-state index in [0.29, 0.717) is 0 Å². The van der Waals surface area contributed by atoms with Gasteiger partial charge in [-0.3, -0.25) is 0 Å². The molecule has 5 aromatic rings. The lowest BCUT2D eigenvalue weighted by atomic mass is 9.61. The van der Waals surface area contributed by atoms with Gasteiger partial charge in [0.15, 0.2) is 0 Å². The summed E-state index contributed by atoms with van der Waals surface area (Å²) in [5.74, 6) is 0.279. The van der Waals surface area contributed by atoms with Crippen LogP contribution in [-0.4, -0.2) is 4.57 Å². The van der Waals surface area contributed by atoms with Gasteiger partial charge in [0.05, 0.1) is 10.9 Å². The second-order valence-corrected chi connectivity index (χ2v) is 10.7. The quantitative estimate of drug-likeness (QED) is 0.245. The van der Waals surface area contributed by atoms with Crippen molar-refractivity contribution in [3.05, 3.63) is 155 Å². The van der Waals surface area contributed by atoms with Gasteiger partial charge < -0.3 is 4.57 Å². The minimum absolute atomic E-state index is 0.128. The summed E-state index contributed by atoms with van der Waals surface area (Å²) in [5, 5.41) is 4.01. The number of rotatable bonds is 2. The molecule has 180 valence electrons. The monoisotopic (exact) mass is 485 g/mol. The minimum atomic E-state index is -0.128. The summed E-state index contributed by atoms with van der Waals surface area (Å²) in [4.78, 5) is 0. The van der Waals surface area contributed by atoms with Gasteiger partial charge in [0.2, 0.25) is 0 Å². The summed E-state index contributed by atoms with van der Waals surface area (Å²) >= 11 is 0. The van der Waals surface area contributed by atoms with Gasteiger partial charge in [-0.25, -0.2) is 0 Å². The van der Waals surface area contributed by atoms with Crippen LogP contribution < -0.4 is 10.6 Å². The Kier molecular flexibility index (Phi) is 4.48. The Hall–Kier alpha value is -4.62. The molecule has 0 fully saturated rings. The van der Waals surface area contributed by atoms with E-state index < -0.39 is 0 Å². The average molecular weight is 486 g/mol. The van der Waals surface area contributed by atoms with Crippen LogP contribution in [0.5, 0.6) is 0 Å². The van der Waals surface area contributed by atoms with E-state index in [1.54, 1.807) is 0 Å². The van der Waals surface area contributed by atoms with Gasteiger partial charge in [0, 0.05) is 27.6 Å². The van der Waals surface area contributed by atoms with Gasteiger partial charge >= 0.3 is 0 Å². The number of allylic oxidation sites excluding steroid dienone is 5. The molecule has 3 aliphatic carbocycles. The van der Waals surface area contributed by atoms with Crippen LogP contribution in [0.15, 0.2) is 134 Å². The van der Waals surface area contributed by atoms with Gasteiger partial charge in [0.25, 0.3) is 0 Å². The predicted octanol–water partition coefficient (Wildman–Crippen LogP) is 7.44. The van der Waals surface area contributed by atoms with Crippen molar-refractivity contribution in [1.82, 2.24) is 4.57 Å². The first-order valence-corrected chi connectivity index (χ1v) is 13.4. The first kappa shape index (κ1) is 21.5. The van der Waals surface area contributed by atoms with Crippen LogP contribution in [0, 0.1) is 11.3 Å². The van der Waals surface area contributed by atoms with Crippen LogP contribution in [0.3, 0.4) is 0 Å². The lowest BCUT2D eigenvalue weighted by molar-refractivity contribution is 0.481. The third-order valence-electron chi connectivity index (χ3n) is 8.70. The van der Waals surface area contributed by atoms with Crippen molar-refractivity contribution >= 4 is 28.1 Å². The largest absolute Gasteiger partial charge is 0.309 e. The highest BCUT2D eigenvalue weighted by molar-refractivity contribution is 5.95. The lowest BCUT2D eigenvalue weighted by Crippen LogP contribution is -2.46. The number of nitrogens with zero attached hydrogens (tertiary/aromatic N) is 1. The first-order chi connectivity index (χ1) is 18.7. The topological polar surface area (TPSA) is 4.93 Å². The molecule has 0 N–H and O–H groups in total. The zero-order chi connectivity index (χ0) is 25.3. The second kappa shape index (κ2) is 7.94. The molecule has 8 rings (SSSR count). The van der Waals surface area contributed by atoms with Crippen molar-refractivity contribution in [3.8, 4) is 16.8 Å². The Labute approximate surface area is 222 Å². The number of hydrogen-bond acceptors (Lipinski definition) is 0. The van der Waals surface area contributed by atoms with Crippen molar-refractivity contribution in [1.29, 1.82) is 0 Å². The number of benzene rings is 4. The van der Waals surface area contributed by atoms with Gasteiger partial charge in [-0.1, -0.05) is 128 Å². The Morgan fingerprint density at radius 3 is 2.29 bits per heavy atom. The van der Waals surface area contributed by atoms with Crippen molar-refractivity contribution in [3.63, 3.8) is 0 Å².